The quantitative estimate of drug-likeness (QED) is 0.454. The molecule has 7 nitrogen and oxygen atoms in total. The molecular weight excluding hydrogens is 416 g/mol. The van der Waals surface area contributed by atoms with Crippen molar-refractivity contribution < 1.29 is 9.53 Å². The summed E-state index contributed by atoms with van der Waals surface area (Å²) >= 11 is 0. The average molecular weight is 445 g/mol. The number of likely N-dealkylation sites (tertiary alicyclic amines) is 1. The standard InChI is InChI=1S/C26H28N4O3/c31-24-18-9-10-20(28-15-17-7-8-17)25-23(18)30(21-5-1-2-6-22(21)33-25)16-19(24)26(32)27-11-14-29-12-3-4-13-29/h1-2,5-6,9-10,16-17,28H,3-4,7-8,11-15H2,(H,27,32). The van der Waals surface area contributed by atoms with E-state index in [-0.39, 0.29) is 16.9 Å². The number of ether oxygens (including phenoxy) is 1. The molecule has 3 aromatic rings. The Morgan fingerprint density at radius 2 is 1.91 bits per heavy atom. The second-order valence-corrected chi connectivity index (χ2v) is 9.28. The zero-order valence-electron chi connectivity index (χ0n) is 18.6. The molecule has 2 aliphatic heterocycles. The highest BCUT2D eigenvalue weighted by molar-refractivity contribution is 6.01. The van der Waals surface area contributed by atoms with Gasteiger partial charge in [0, 0.05) is 25.8 Å². The van der Waals surface area contributed by atoms with E-state index in [9.17, 15) is 9.59 Å². The van der Waals surface area contributed by atoms with Crippen LogP contribution in [0.15, 0.2) is 47.4 Å². The maximum atomic E-state index is 13.4. The molecule has 1 amide bonds. The molecule has 2 aromatic carbocycles. The number of hydrogen-bond donors (Lipinski definition) is 2. The van der Waals surface area contributed by atoms with E-state index in [2.05, 4.69) is 15.5 Å². The maximum absolute atomic E-state index is 13.4. The molecule has 1 aliphatic carbocycles. The summed E-state index contributed by atoms with van der Waals surface area (Å²) in [7, 11) is 0. The van der Waals surface area contributed by atoms with Gasteiger partial charge in [-0.3, -0.25) is 9.59 Å². The topological polar surface area (TPSA) is 75.6 Å². The van der Waals surface area contributed by atoms with Crippen molar-refractivity contribution in [3.63, 3.8) is 0 Å². The summed E-state index contributed by atoms with van der Waals surface area (Å²) in [5.74, 6) is 1.73. The molecule has 1 aromatic heterocycles. The first kappa shape index (κ1) is 20.3. The number of para-hydroxylation sites is 2. The molecule has 0 radical (unpaired) electrons. The Morgan fingerprint density at radius 1 is 1.09 bits per heavy atom. The monoisotopic (exact) mass is 444 g/mol. The second-order valence-electron chi connectivity index (χ2n) is 9.28. The third-order valence-corrected chi connectivity index (χ3v) is 6.89. The van der Waals surface area contributed by atoms with Gasteiger partial charge in [-0.15, -0.1) is 0 Å². The highest BCUT2D eigenvalue weighted by Gasteiger charge is 2.27. The van der Waals surface area contributed by atoms with Gasteiger partial charge in [0.25, 0.3) is 5.91 Å². The van der Waals surface area contributed by atoms with Crippen molar-refractivity contribution in [2.45, 2.75) is 25.7 Å². The predicted octanol–water partition coefficient (Wildman–Crippen LogP) is 3.74. The van der Waals surface area contributed by atoms with Gasteiger partial charge in [0.15, 0.2) is 11.5 Å². The number of benzene rings is 2. The van der Waals surface area contributed by atoms with Gasteiger partial charge >= 0.3 is 0 Å². The Bertz CT molecular complexity index is 1290. The summed E-state index contributed by atoms with van der Waals surface area (Å²) < 4.78 is 8.22. The Hall–Kier alpha value is -3.32. The Balaban J connectivity index is 1.39. The number of hydrogen-bond acceptors (Lipinski definition) is 5. The zero-order valence-corrected chi connectivity index (χ0v) is 18.6. The molecule has 0 atom stereocenters. The van der Waals surface area contributed by atoms with E-state index in [1.54, 1.807) is 6.20 Å². The van der Waals surface area contributed by atoms with Crippen LogP contribution in [0.4, 0.5) is 5.69 Å². The Morgan fingerprint density at radius 3 is 2.73 bits per heavy atom. The highest BCUT2D eigenvalue weighted by atomic mass is 16.5. The zero-order chi connectivity index (χ0) is 22.4. The van der Waals surface area contributed by atoms with Crippen LogP contribution in [0.25, 0.3) is 16.6 Å². The lowest BCUT2D eigenvalue weighted by Crippen LogP contribution is -2.36. The minimum absolute atomic E-state index is 0.158. The molecule has 33 heavy (non-hydrogen) atoms. The van der Waals surface area contributed by atoms with E-state index < -0.39 is 0 Å². The largest absolute Gasteiger partial charge is 0.451 e. The smallest absolute Gasteiger partial charge is 0.256 e. The number of fused-ring (bicyclic) bond motifs is 2. The van der Waals surface area contributed by atoms with Crippen molar-refractivity contribution >= 4 is 22.5 Å². The molecule has 7 heteroatoms. The first-order chi connectivity index (χ1) is 16.2. The summed E-state index contributed by atoms with van der Waals surface area (Å²) in [6, 6.07) is 11.4. The number of anilines is 1. The van der Waals surface area contributed by atoms with Gasteiger partial charge in [-0.2, -0.15) is 0 Å². The second kappa shape index (κ2) is 8.23. The number of nitrogens with zero attached hydrogens (tertiary/aromatic N) is 2. The summed E-state index contributed by atoms with van der Waals surface area (Å²) in [6.07, 6.45) is 6.60. The van der Waals surface area contributed by atoms with Crippen molar-refractivity contribution in [2.24, 2.45) is 5.92 Å². The van der Waals surface area contributed by atoms with Crippen LogP contribution < -0.4 is 20.8 Å². The summed E-state index contributed by atoms with van der Waals surface area (Å²) in [5.41, 5.74) is 2.29. The Kier molecular flexibility index (Phi) is 5.06. The van der Waals surface area contributed by atoms with Crippen LogP contribution in [0, 0.1) is 5.92 Å². The van der Waals surface area contributed by atoms with Gasteiger partial charge in [-0.05, 0) is 69.0 Å². The first-order valence-electron chi connectivity index (χ1n) is 11.9. The van der Waals surface area contributed by atoms with Crippen LogP contribution in [0.2, 0.25) is 0 Å². The lowest BCUT2D eigenvalue weighted by atomic mass is 10.1. The third-order valence-electron chi connectivity index (χ3n) is 6.89. The summed E-state index contributed by atoms with van der Waals surface area (Å²) in [6.45, 7) is 4.39. The molecular formula is C26H28N4O3. The molecule has 3 heterocycles. The molecule has 0 spiro atoms. The van der Waals surface area contributed by atoms with Crippen molar-refractivity contribution in [3.8, 4) is 17.2 Å². The minimum Gasteiger partial charge on any atom is -0.451 e. The average Bonchev–Trinajstić information content (AvgIpc) is 3.52. The van der Waals surface area contributed by atoms with E-state index in [1.165, 1.54) is 25.7 Å². The third kappa shape index (κ3) is 3.76. The summed E-state index contributed by atoms with van der Waals surface area (Å²) in [5, 5.41) is 6.94. The molecule has 0 bridgehead atoms. The predicted molar refractivity (Wildman–Crippen MR) is 129 cm³/mol. The SMILES string of the molecule is O=C(NCCN1CCCC1)c1cn2c3c(c(NCC4CC4)ccc3c1=O)Oc1ccccc1-2. The summed E-state index contributed by atoms with van der Waals surface area (Å²) in [4.78, 5) is 28.7. The first-order valence-corrected chi connectivity index (χ1v) is 11.9. The molecule has 0 unspecified atom stereocenters. The van der Waals surface area contributed by atoms with Crippen molar-refractivity contribution in [1.29, 1.82) is 0 Å². The van der Waals surface area contributed by atoms with Gasteiger partial charge in [-0.25, -0.2) is 0 Å². The van der Waals surface area contributed by atoms with Crippen LogP contribution in [-0.4, -0.2) is 48.1 Å². The molecule has 1 saturated carbocycles. The minimum atomic E-state index is -0.327. The number of nitrogens with one attached hydrogen (secondary N) is 2. The van der Waals surface area contributed by atoms with E-state index in [1.807, 2.05) is 41.0 Å². The molecule has 2 fully saturated rings. The van der Waals surface area contributed by atoms with Crippen LogP contribution in [0.1, 0.15) is 36.0 Å². The van der Waals surface area contributed by atoms with E-state index in [0.29, 0.717) is 34.9 Å². The highest BCUT2D eigenvalue weighted by Crippen LogP contribution is 2.44. The van der Waals surface area contributed by atoms with Crippen molar-refractivity contribution in [1.82, 2.24) is 14.8 Å². The molecule has 170 valence electrons. The van der Waals surface area contributed by atoms with E-state index in [0.717, 1.165) is 37.6 Å². The number of carbonyl (C=O) groups is 1. The lowest BCUT2D eigenvalue weighted by Gasteiger charge is -2.26. The van der Waals surface area contributed by atoms with Crippen LogP contribution >= 0.6 is 0 Å². The van der Waals surface area contributed by atoms with E-state index in [4.69, 9.17) is 4.74 Å². The van der Waals surface area contributed by atoms with Crippen molar-refractivity contribution in [2.75, 3.05) is 38.0 Å². The number of rotatable bonds is 7. The van der Waals surface area contributed by atoms with Gasteiger partial charge in [0.1, 0.15) is 11.1 Å². The van der Waals surface area contributed by atoms with Gasteiger partial charge < -0.3 is 24.8 Å². The maximum Gasteiger partial charge on any atom is 0.256 e. The van der Waals surface area contributed by atoms with Gasteiger partial charge in [0.05, 0.1) is 16.8 Å². The molecule has 2 N–H and O–H groups in total. The van der Waals surface area contributed by atoms with Gasteiger partial charge in [-0.1, -0.05) is 12.1 Å². The number of amides is 1. The molecule has 6 rings (SSSR count). The Labute approximate surface area is 192 Å². The fourth-order valence-corrected chi connectivity index (χ4v) is 4.84. The van der Waals surface area contributed by atoms with Crippen LogP contribution in [0.5, 0.6) is 11.5 Å². The van der Waals surface area contributed by atoms with E-state index >= 15 is 0 Å². The van der Waals surface area contributed by atoms with Crippen LogP contribution in [-0.2, 0) is 0 Å². The number of aromatic nitrogens is 1. The molecule has 1 saturated heterocycles. The van der Waals surface area contributed by atoms with Crippen molar-refractivity contribution in [3.05, 3.63) is 58.4 Å². The lowest BCUT2D eigenvalue weighted by molar-refractivity contribution is 0.0948. The fraction of sp³-hybridized carbons (Fsp3) is 0.385. The number of pyridine rings is 1. The fourth-order valence-electron chi connectivity index (χ4n) is 4.84. The number of carbonyl (C=O) groups excluding carboxylic acids is 1. The normalized spacial score (nSPS) is 17.0. The van der Waals surface area contributed by atoms with Crippen LogP contribution in [0.3, 0.4) is 0 Å². The molecule has 3 aliphatic rings. The van der Waals surface area contributed by atoms with Gasteiger partial charge in [0.2, 0.25) is 5.43 Å².